The molecule has 1 saturated heterocycles. The number of rotatable bonds is 1. The maximum atomic E-state index is 6.27. The molecule has 1 fully saturated rings. The Morgan fingerprint density at radius 3 is 2.68 bits per heavy atom. The lowest BCUT2D eigenvalue weighted by molar-refractivity contribution is -0.0681. The number of fused-ring (bicyclic) bond motifs is 1. The molecule has 104 valence electrons. The molecule has 2 aliphatic heterocycles. The normalized spacial score (nSPS) is 27.7. The van der Waals surface area contributed by atoms with Crippen molar-refractivity contribution in [2.75, 3.05) is 11.9 Å². The standard InChI is InChI=1S/C17H25NO/c1-16(2)11-14(17(3,4)19-16)12-7-5-9-15-13(12)8-6-10-18-15/h5,7,9,14,18H,6,8,10-11H2,1-4H3. The Kier molecular flexibility index (Phi) is 2.90. The first-order valence-corrected chi connectivity index (χ1v) is 7.45. The molecule has 1 atom stereocenters. The molecule has 2 heterocycles. The lowest BCUT2D eigenvalue weighted by atomic mass is 9.78. The summed E-state index contributed by atoms with van der Waals surface area (Å²) in [6.45, 7) is 10.0. The van der Waals surface area contributed by atoms with E-state index in [2.05, 4.69) is 51.2 Å². The van der Waals surface area contributed by atoms with Crippen molar-refractivity contribution in [1.82, 2.24) is 0 Å². The molecule has 0 saturated carbocycles. The first-order valence-electron chi connectivity index (χ1n) is 7.45. The predicted molar refractivity (Wildman–Crippen MR) is 79.9 cm³/mol. The Morgan fingerprint density at radius 1 is 1.21 bits per heavy atom. The summed E-state index contributed by atoms with van der Waals surface area (Å²) in [6, 6.07) is 6.71. The number of benzene rings is 1. The van der Waals surface area contributed by atoms with Gasteiger partial charge in [0.15, 0.2) is 0 Å². The van der Waals surface area contributed by atoms with Crippen LogP contribution in [0, 0.1) is 0 Å². The lowest BCUT2D eigenvalue weighted by Crippen LogP contribution is -2.29. The van der Waals surface area contributed by atoms with E-state index in [1.165, 1.54) is 29.7 Å². The van der Waals surface area contributed by atoms with Gasteiger partial charge in [0.2, 0.25) is 0 Å². The molecule has 1 aromatic rings. The zero-order valence-corrected chi connectivity index (χ0v) is 12.5. The summed E-state index contributed by atoms with van der Waals surface area (Å²) in [5, 5.41) is 3.53. The van der Waals surface area contributed by atoms with E-state index in [1.54, 1.807) is 0 Å². The summed E-state index contributed by atoms with van der Waals surface area (Å²) in [4.78, 5) is 0. The van der Waals surface area contributed by atoms with Gasteiger partial charge in [-0.2, -0.15) is 0 Å². The third-order valence-corrected chi connectivity index (χ3v) is 4.58. The van der Waals surface area contributed by atoms with Crippen LogP contribution in [0.5, 0.6) is 0 Å². The number of anilines is 1. The summed E-state index contributed by atoms with van der Waals surface area (Å²) < 4.78 is 6.27. The molecule has 0 aromatic heterocycles. The highest BCUT2D eigenvalue weighted by molar-refractivity contribution is 5.57. The fourth-order valence-corrected chi connectivity index (χ4v) is 3.91. The van der Waals surface area contributed by atoms with Gasteiger partial charge in [0.1, 0.15) is 0 Å². The summed E-state index contributed by atoms with van der Waals surface area (Å²) in [5.41, 5.74) is 4.27. The number of nitrogens with one attached hydrogen (secondary N) is 1. The third-order valence-electron chi connectivity index (χ3n) is 4.58. The monoisotopic (exact) mass is 259 g/mol. The van der Waals surface area contributed by atoms with Crippen LogP contribution in [-0.4, -0.2) is 17.7 Å². The van der Waals surface area contributed by atoms with Crippen LogP contribution in [0.15, 0.2) is 18.2 Å². The zero-order chi connectivity index (χ0) is 13.7. The Hall–Kier alpha value is -1.02. The molecular formula is C17H25NO. The molecule has 0 amide bonds. The van der Waals surface area contributed by atoms with Crippen molar-refractivity contribution in [2.24, 2.45) is 0 Å². The molecular weight excluding hydrogens is 234 g/mol. The van der Waals surface area contributed by atoms with E-state index in [0.29, 0.717) is 5.92 Å². The third kappa shape index (κ3) is 2.27. The van der Waals surface area contributed by atoms with Crippen molar-refractivity contribution in [1.29, 1.82) is 0 Å². The maximum absolute atomic E-state index is 6.27. The molecule has 0 aliphatic carbocycles. The van der Waals surface area contributed by atoms with Gasteiger partial charge in [-0.1, -0.05) is 12.1 Å². The minimum absolute atomic E-state index is 0.0149. The van der Waals surface area contributed by atoms with Crippen molar-refractivity contribution in [3.8, 4) is 0 Å². The minimum Gasteiger partial charge on any atom is -0.385 e. The van der Waals surface area contributed by atoms with Crippen LogP contribution in [0.3, 0.4) is 0 Å². The van der Waals surface area contributed by atoms with Gasteiger partial charge in [0.05, 0.1) is 11.2 Å². The summed E-state index contributed by atoms with van der Waals surface area (Å²) in [7, 11) is 0. The highest BCUT2D eigenvalue weighted by atomic mass is 16.5. The molecule has 1 N–H and O–H groups in total. The average Bonchev–Trinajstić information content (AvgIpc) is 2.56. The van der Waals surface area contributed by atoms with Gasteiger partial charge >= 0.3 is 0 Å². The number of ether oxygens (including phenoxy) is 1. The molecule has 2 heteroatoms. The largest absolute Gasteiger partial charge is 0.385 e. The van der Waals surface area contributed by atoms with Crippen molar-refractivity contribution in [3.63, 3.8) is 0 Å². The van der Waals surface area contributed by atoms with Crippen molar-refractivity contribution >= 4 is 5.69 Å². The Bertz CT molecular complexity index is 490. The second-order valence-corrected chi connectivity index (χ2v) is 7.13. The van der Waals surface area contributed by atoms with E-state index >= 15 is 0 Å². The lowest BCUT2D eigenvalue weighted by Gasteiger charge is -2.30. The van der Waals surface area contributed by atoms with Crippen molar-refractivity contribution in [3.05, 3.63) is 29.3 Å². The quantitative estimate of drug-likeness (QED) is 0.819. The minimum atomic E-state index is -0.0733. The van der Waals surface area contributed by atoms with Gasteiger partial charge in [0.25, 0.3) is 0 Å². The molecule has 1 aromatic carbocycles. The topological polar surface area (TPSA) is 21.3 Å². The predicted octanol–water partition coefficient (Wildman–Crippen LogP) is 4.11. The molecule has 3 rings (SSSR count). The van der Waals surface area contributed by atoms with E-state index in [9.17, 15) is 0 Å². The maximum Gasteiger partial charge on any atom is 0.0703 e. The number of hydrogen-bond acceptors (Lipinski definition) is 2. The van der Waals surface area contributed by atoms with Gasteiger partial charge in [0, 0.05) is 18.2 Å². The molecule has 2 nitrogen and oxygen atoms in total. The van der Waals surface area contributed by atoms with Gasteiger partial charge < -0.3 is 10.1 Å². The van der Waals surface area contributed by atoms with Crippen LogP contribution in [0.1, 0.15) is 57.6 Å². The van der Waals surface area contributed by atoms with Gasteiger partial charge in [-0.15, -0.1) is 0 Å². The van der Waals surface area contributed by atoms with E-state index in [0.717, 1.165) is 13.0 Å². The SMILES string of the molecule is CC1(C)CC(c2cccc3c2CCCN3)C(C)(C)O1. The zero-order valence-electron chi connectivity index (χ0n) is 12.5. The highest BCUT2D eigenvalue weighted by Gasteiger charge is 2.47. The van der Waals surface area contributed by atoms with Crippen LogP contribution < -0.4 is 5.32 Å². The van der Waals surface area contributed by atoms with Gasteiger partial charge in [-0.25, -0.2) is 0 Å². The molecule has 0 spiro atoms. The first kappa shape index (κ1) is 13.0. The van der Waals surface area contributed by atoms with Crippen LogP contribution in [0.25, 0.3) is 0 Å². The van der Waals surface area contributed by atoms with E-state index in [1.807, 2.05) is 0 Å². The van der Waals surface area contributed by atoms with E-state index < -0.39 is 0 Å². The van der Waals surface area contributed by atoms with Gasteiger partial charge in [-0.3, -0.25) is 0 Å². The second kappa shape index (κ2) is 4.24. The smallest absolute Gasteiger partial charge is 0.0703 e. The summed E-state index contributed by atoms with van der Waals surface area (Å²) in [6.07, 6.45) is 3.55. The number of hydrogen-bond donors (Lipinski definition) is 1. The van der Waals surface area contributed by atoms with Gasteiger partial charge in [-0.05, 0) is 64.2 Å². The highest BCUT2D eigenvalue weighted by Crippen LogP contribution is 2.49. The molecule has 1 unspecified atom stereocenters. The van der Waals surface area contributed by atoms with Crippen LogP contribution >= 0.6 is 0 Å². The van der Waals surface area contributed by atoms with Crippen LogP contribution in [-0.2, 0) is 11.2 Å². The molecule has 0 radical (unpaired) electrons. The van der Waals surface area contributed by atoms with Crippen LogP contribution in [0.2, 0.25) is 0 Å². The Morgan fingerprint density at radius 2 is 2.00 bits per heavy atom. The summed E-state index contributed by atoms with van der Waals surface area (Å²) in [5.74, 6) is 0.498. The second-order valence-electron chi connectivity index (χ2n) is 7.13. The van der Waals surface area contributed by atoms with E-state index in [4.69, 9.17) is 4.74 Å². The summed E-state index contributed by atoms with van der Waals surface area (Å²) >= 11 is 0. The molecule has 19 heavy (non-hydrogen) atoms. The van der Waals surface area contributed by atoms with Crippen molar-refractivity contribution < 1.29 is 4.74 Å². The first-order chi connectivity index (χ1) is 8.89. The fourth-order valence-electron chi connectivity index (χ4n) is 3.91. The Balaban J connectivity index is 2.03. The Labute approximate surface area is 116 Å². The van der Waals surface area contributed by atoms with Crippen LogP contribution in [0.4, 0.5) is 5.69 Å². The fraction of sp³-hybridized carbons (Fsp3) is 0.647. The average molecular weight is 259 g/mol. The van der Waals surface area contributed by atoms with E-state index in [-0.39, 0.29) is 11.2 Å². The molecule has 2 aliphatic rings. The molecule has 0 bridgehead atoms. The van der Waals surface area contributed by atoms with Crippen molar-refractivity contribution in [2.45, 2.75) is 64.1 Å².